The Morgan fingerprint density at radius 1 is 0.730 bits per heavy atom. The van der Waals surface area contributed by atoms with Gasteiger partial charge in [0.25, 0.3) is 0 Å². The minimum absolute atomic E-state index is 0.0723. The van der Waals surface area contributed by atoms with Gasteiger partial charge >= 0.3 is 194 Å². The maximum atomic E-state index is 13.3. The summed E-state index contributed by atoms with van der Waals surface area (Å²) < 4.78 is 5.49. The van der Waals surface area contributed by atoms with Crippen LogP contribution in [0.5, 0.6) is 0 Å². The molecule has 0 amide bonds. The number of benzene rings is 3. The summed E-state index contributed by atoms with van der Waals surface area (Å²) in [6.07, 6.45) is 13.3. The molecule has 0 aliphatic carbocycles. The molecule has 37 heavy (non-hydrogen) atoms. The van der Waals surface area contributed by atoms with Crippen LogP contribution in [0.2, 0.25) is 0 Å². The SMILES string of the molecule is CCCCCCCCCCCCn1c(-c2ccccc2-n2[se]c3ccccc3c2=O)nc2ccccc21. The third-order valence-electron chi connectivity index (χ3n) is 7.25. The summed E-state index contributed by atoms with van der Waals surface area (Å²) in [6, 6.07) is 24.7. The zero-order valence-electron chi connectivity index (χ0n) is 21.9. The van der Waals surface area contributed by atoms with Crippen molar-refractivity contribution in [2.24, 2.45) is 0 Å². The van der Waals surface area contributed by atoms with Gasteiger partial charge in [-0.15, -0.1) is 0 Å². The molecule has 5 aromatic rings. The van der Waals surface area contributed by atoms with Crippen molar-refractivity contribution >= 4 is 35.4 Å². The van der Waals surface area contributed by atoms with E-state index in [0.717, 1.165) is 45.2 Å². The van der Waals surface area contributed by atoms with Crippen molar-refractivity contribution in [2.45, 2.75) is 77.7 Å². The van der Waals surface area contributed by atoms with Crippen molar-refractivity contribution in [1.82, 2.24) is 13.1 Å². The average Bonchev–Trinajstić information content (AvgIpc) is 3.47. The molecule has 2 heterocycles. The van der Waals surface area contributed by atoms with E-state index in [2.05, 4.69) is 60.0 Å². The predicted molar refractivity (Wildman–Crippen MR) is 157 cm³/mol. The molecule has 0 saturated heterocycles. The van der Waals surface area contributed by atoms with Gasteiger partial charge in [-0.1, -0.05) is 32.6 Å². The Balaban J connectivity index is 1.37. The van der Waals surface area contributed by atoms with Crippen molar-refractivity contribution in [3.05, 3.63) is 83.2 Å². The molecule has 0 atom stereocenters. The Labute approximate surface area is 225 Å². The molecule has 0 spiro atoms. The van der Waals surface area contributed by atoms with Gasteiger partial charge in [-0.2, -0.15) is 0 Å². The second kappa shape index (κ2) is 12.6. The van der Waals surface area contributed by atoms with Crippen LogP contribution in [0.15, 0.2) is 77.6 Å². The van der Waals surface area contributed by atoms with Gasteiger partial charge in [0.05, 0.1) is 0 Å². The molecule has 0 saturated carbocycles. The van der Waals surface area contributed by atoms with Gasteiger partial charge in [0, 0.05) is 0 Å². The van der Waals surface area contributed by atoms with Gasteiger partial charge in [-0.05, 0) is 0 Å². The van der Waals surface area contributed by atoms with Gasteiger partial charge < -0.3 is 0 Å². The molecule has 4 nitrogen and oxygen atoms in total. The van der Waals surface area contributed by atoms with E-state index in [1.807, 2.05) is 27.8 Å². The zero-order valence-corrected chi connectivity index (χ0v) is 23.6. The Morgan fingerprint density at radius 2 is 1.38 bits per heavy atom. The maximum absolute atomic E-state index is 13.3. The van der Waals surface area contributed by atoms with Crippen LogP contribution in [-0.4, -0.2) is 27.8 Å². The third-order valence-corrected chi connectivity index (χ3v) is 9.55. The molecule has 0 fully saturated rings. The van der Waals surface area contributed by atoms with Crippen LogP contribution in [0.25, 0.3) is 37.8 Å². The van der Waals surface area contributed by atoms with Crippen LogP contribution < -0.4 is 5.56 Å². The number of hydrogen-bond donors (Lipinski definition) is 0. The predicted octanol–water partition coefficient (Wildman–Crippen LogP) is 7.99. The summed E-state index contributed by atoms with van der Waals surface area (Å²) in [6.45, 7) is 3.22. The third kappa shape index (κ3) is 5.84. The molecule has 0 unspecified atom stereocenters. The molecule has 192 valence electrons. The molecular formula is C32H37N3OSe. The van der Waals surface area contributed by atoms with E-state index in [-0.39, 0.29) is 20.3 Å². The van der Waals surface area contributed by atoms with Gasteiger partial charge in [-0.25, -0.2) is 0 Å². The van der Waals surface area contributed by atoms with E-state index in [0.29, 0.717) is 0 Å². The standard InChI is InChI=1S/C32H37N3OSe/c1-2-3-4-5-6-7-8-9-10-17-24-34-29-22-15-13-20-27(29)33-31(34)25-18-11-14-21-28(25)35-32(36)26-19-12-16-23-30(26)37-35/h11-16,18-23H,2-10,17,24H2,1H3. The molecular weight excluding hydrogens is 521 g/mol. The summed E-state index contributed by atoms with van der Waals surface area (Å²) >= 11 is -0.0723. The fraction of sp³-hybridized carbons (Fsp3) is 0.375. The Kier molecular flexibility index (Phi) is 8.76. The first-order valence-corrected chi connectivity index (χ1v) is 15.6. The fourth-order valence-corrected chi connectivity index (χ4v) is 7.39. The van der Waals surface area contributed by atoms with Crippen molar-refractivity contribution < 1.29 is 0 Å². The minimum atomic E-state index is -0.0723. The quantitative estimate of drug-likeness (QED) is 0.109. The van der Waals surface area contributed by atoms with Crippen molar-refractivity contribution in [3.63, 3.8) is 0 Å². The molecule has 5 rings (SSSR count). The molecule has 0 bridgehead atoms. The fourth-order valence-electron chi connectivity index (χ4n) is 5.24. The summed E-state index contributed by atoms with van der Waals surface area (Å²) in [5.74, 6) is 0.965. The van der Waals surface area contributed by atoms with Crippen molar-refractivity contribution in [1.29, 1.82) is 0 Å². The summed E-state index contributed by atoms with van der Waals surface area (Å²) in [5, 5.41) is 0.830. The first-order chi connectivity index (χ1) is 18.3. The second-order valence-electron chi connectivity index (χ2n) is 9.96. The number of aromatic nitrogens is 3. The Bertz CT molecular complexity index is 1510. The van der Waals surface area contributed by atoms with Crippen molar-refractivity contribution in [3.8, 4) is 17.1 Å². The van der Waals surface area contributed by atoms with E-state index in [1.54, 1.807) is 0 Å². The summed E-state index contributed by atoms with van der Waals surface area (Å²) in [4.78, 5) is 18.4. The van der Waals surface area contributed by atoms with Crippen LogP contribution in [0, 0.1) is 0 Å². The molecule has 2 aromatic heterocycles. The molecule has 0 radical (unpaired) electrons. The topological polar surface area (TPSA) is 39.8 Å². The number of rotatable bonds is 13. The second-order valence-corrected chi connectivity index (χ2v) is 12.0. The van der Waals surface area contributed by atoms with Crippen LogP contribution in [-0.2, 0) is 6.54 Å². The normalized spacial score (nSPS) is 11.6. The number of unbranched alkanes of at least 4 members (excludes halogenated alkanes) is 9. The number of imidazole rings is 1. The van der Waals surface area contributed by atoms with E-state index in [4.69, 9.17) is 4.98 Å². The zero-order chi connectivity index (χ0) is 25.5. The van der Waals surface area contributed by atoms with Gasteiger partial charge in [-0.3, -0.25) is 0 Å². The Morgan fingerprint density at radius 3 is 2.16 bits per heavy atom. The van der Waals surface area contributed by atoms with Crippen molar-refractivity contribution in [2.75, 3.05) is 0 Å². The number of hydrogen-bond acceptors (Lipinski definition) is 2. The van der Waals surface area contributed by atoms with E-state index >= 15 is 0 Å². The van der Waals surface area contributed by atoms with E-state index in [9.17, 15) is 4.79 Å². The van der Waals surface area contributed by atoms with E-state index < -0.39 is 0 Å². The summed E-state index contributed by atoms with van der Waals surface area (Å²) in [7, 11) is 0. The summed E-state index contributed by atoms with van der Waals surface area (Å²) in [5.41, 5.74) is 4.28. The number of aryl methyl sites for hydroxylation is 1. The molecule has 0 aliphatic heterocycles. The molecule has 3 aromatic carbocycles. The first-order valence-electron chi connectivity index (χ1n) is 13.9. The monoisotopic (exact) mass is 559 g/mol. The van der Waals surface area contributed by atoms with Gasteiger partial charge in [0.15, 0.2) is 0 Å². The number of fused-ring (bicyclic) bond motifs is 2. The van der Waals surface area contributed by atoms with Crippen LogP contribution in [0.4, 0.5) is 0 Å². The molecule has 0 N–H and O–H groups in total. The first kappa shape index (κ1) is 25.8. The van der Waals surface area contributed by atoms with Crippen LogP contribution >= 0.6 is 0 Å². The van der Waals surface area contributed by atoms with Crippen LogP contribution in [0.3, 0.4) is 0 Å². The van der Waals surface area contributed by atoms with E-state index in [1.165, 1.54) is 63.3 Å². The number of nitrogens with zero attached hydrogens (tertiary/aromatic N) is 3. The number of para-hydroxylation sites is 3. The Hall–Kier alpha value is -2.88. The van der Waals surface area contributed by atoms with Gasteiger partial charge in [0.1, 0.15) is 0 Å². The average molecular weight is 559 g/mol. The molecule has 5 heteroatoms. The molecule has 0 aliphatic rings. The van der Waals surface area contributed by atoms with Gasteiger partial charge in [0.2, 0.25) is 0 Å². The van der Waals surface area contributed by atoms with Crippen LogP contribution in [0.1, 0.15) is 71.1 Å².